The molecule has 0 saturated carbocycles. The van der Waals surface area contributed by atoms with Gasteiger partial charge in [0.15, 0.2) is 0 Å². The van der Waals surface area contributed by atoms with Crippen LogP contribution in [0.1, 0.15) is 70.3 Å². The molecule has 4 aromatic rings. The molecule has 0 unspecified atom stereocenters. The van der Waals surface area contributed by atoms with Crippen molar-refractivity contribution in [3.8, 4) is 0 Å². The Morgan fingerprint density at radius 1 is 1.11 bits per heavy atom. The van der Waals surface area contributed by atoms with E-state index >= 15 is 0 Å². The second-order valence-electron chi connectivity index (χ2n) is 9.61. The van der Waals surface area contributed by atoms with Crippen molar-refractivity contribution in [1.29, 1.82) is 0 Å². The van der Waals surface area contributed by atoms with Crippen LogP contribution in [-0.4, -0.2) is 43.4 Å². The second kappa shape index (κ2) is 9.57. The highest BCUT2D eigenvalue weighted by Crippen LogP contribution is 2.37. The van der Waals surface area contributed by atoms with E-state index in [1.54, 1.807) is 0 Å². The molecule has 5 rings (SSSR count). The van der Waals surface area contributed by atoms with Gasteiger partial charge >= 0.3 is 5.97 Å². The molecule has 2 heterocycles. The highest BCUT2D eigenvalue weighted by Gasteiger charge is 2.28. The number of aromatic nitrogens is 3. The van der Waals surface area contributed by atoms with Gasteiger partial charge in [0.1, 0.15) is 5.52 Å². The number of fused-ring (bicyclic) bond motifs is 2. The van der Waals surface area contributed by atoms with Crippen LogP contribution >= 0.6 is 0 Å². The molecule has 0 aliphatic carbocycles. The van der Waals surface area contributed by atoms with Crippen molar-refractivity contribution in [2.75, 3.05) is 6.54 Å². The molecule has 7 heteroatoms. The number of hydrogen-bond acceptors (Lipinski definition) is 4. The van der Waals surface area contributed by atoms with Crippen molar-refractivity contribution in [3.63, 3.8) is 0 Å². The lowest BCUT2D eigenvalue weighted by atomic mass is 9.82. The summed E-state index contributed by atoms with van der Waals surface area (Å²) < 4.78 is 1.84. The average molecular weight is 483 g/mol. The van der Waals surface area contributed by atoms with Gasteiger partial charge in [-0.25, -0.2) is 4.68 Å². The maximum absolute atomic E-state index is 13.2. The number of carboxylic acids is 1. The molecule has 0 spiro atoms. The second-order valence-corrected chi connectivity index (χ2v) is 9.61. The van der Waals surface area contributed by atoms with Gasteiger partial charge in [-0.1, -0.05) is 54.6 Å². The van der Waals surface area contributed by atoms with Crippen molar-refractivity contribution in [1.82, 2.24) is 19.9 Å². The predicted molar refractivity (Wildman–Crippen MR) is 138 cm³/mol. The average Bonchev–Trinajstić information content (AvgIpc) is 3.31. The highest BCUT2D eigenvalue weighted by molar-refractivity contribution is 5.94. The van der Waals surface area contributed by atoms with Gasteiger partial charge in [0.05, 0.1) is 11.9 Å². The number of hydrogen-bond donors (Lipinski definition) is 1. The smallest absolute Gasteiger partial charge is 0.304 e. The van der Waals surface area contributed by atoms with Crippen LogP contribution < -0.4 is 0 Å². The van der Waals surface area contributed by atoms with Gasteiger partial charge < -0.3 is 10.0 Å². The highest BCUT2D eigenvalue weighted by atomic mass is 16.4. The Morgan fingerprint density at radius 3 is 2.61 bits per heavy atom. The number of benzene rings is 3. The van der Waals surface area contributed by atoms with Crippen molar-refractivity contribution in [2.45, 2.75) is 52.1 Å². The molecule has 1 N–H and O–H groups in total. The van der Waals surface area contributed by atoms with Gasteiger partial charge in [0.25, 0.3) is 5.91 Å². The molecule has 2 atom stereocenters. The predicted octanol–water partition coefficient (Wildman–Crippen LogP) is 5.13. The van der Waals surface area contributed by atoms with Crippen molar-refractivity contribution < 1.29 is 14.7 Å². The Labute approximate surface area is 210 Å². The Balaban J connectivity index is 1.53. The summed E-state index contributed by atoms with van der Waals surface area (Å²) in [6.45, 7) is 8.01. The normalized spacial score (nSPS) is 16.1. The zero-order valence-corrected chi connectivity index (χ0v) is 20.8. The molecule has 184 valence electrons. The molecule has 1 aliphatic heterocycles. The molecule has 1 aliphatic rings. The van der Waals surface area contributed by atoms with Crippen LogP contribution in [0.3, 0.4) is 0 Å². The van der Waals surface area contributed by atoms with Crippen LogP contribution in [0.15, 0.2) is 60.7 Å². The van der Waals surface area contributed by atoms with Crippen LogP contribution in [0, 0.1) is 6.92 Å². The molecule has 0 saturated heterocycles. The zero-order valence-electron chi connectivity index (χ0n) is 20.8. The summed E-state index contributed by atoms with van der Waals surface area (Å²) in [7, 11) is 0. The fraction of sp³-hybridized carbons (Fsp3) is 0.310. The molecule has 1 aromatic heterocycles. The first kappa shape index (κ1) is 23.7. The molecule has 1 amide bonds. The van der Waals surface area contributed by atoms with E-state index in [0.29, 0.717) is 18.7 Å². The number of aliphatic carboxylic acids is 1. The summed E-state index contributed by atoms with van der Waals surface area (Å²) in [6, 6.07) is 19.6. The minimum absolute atomic E-state index is 0.0147. The number of carboxylic acid groups (broad SMARTS) is 1. The molecule has 3 aromatic carbocycles. The third kappa shape index (κ3) is 4.26. The minimum atomic E-state index is -0.858. The molecule has 7 nitrogen and oxygen atoms in total. The maximum atomic E-state index is 13.2. The lowest BCUT2D eigenvalue weighted by Crippen LogP contribution is -2.37. The molecular weight excluding hydrogens is 452 g/mol. The van der Waals surface area contributed by atoms with Gasteiger partial charge in [-0.3, -0.25) is 9.59 Å². The van der Waals surface area contributed by atoms with Crippen LogP contribution in [0.25, 0.3) is 11.0 Å². The summed E-state index contributed by atoms with van der Waals surface area (Å²) >= 11 is 0. The van der Waals surface area contributed by atoms with Gasteiger partial charge in [-0.2, -0.15) is 0 Å². The third-order valence-corrected chi connectivity index (χ3v) is 7.30. The van der Waals surface area contributed by atoms with Gasteiger partial charge in [-0.05, 0) is 65.8 Å². The SMILES string of the molecule is CCn1nnc2c(C)c([C@@H](CC(=O)O)c3ccc4c(c3)CN(C(=O)c3ccccc3)C[C@H]4C)ccc21. The standard InChI is InChI=1S/C29H30N4O3/c1-4-33-26-13-12-24(19(3)28(26)30-31-33)25(15-27(34)35)21-10-11-23-18(2)16-32(17-22(23)14-21)29(36)20-8-6-5-7-9-20/h5-14,18,25H,4,15-17H2,1-3H3,(H,34,35)/t18-,25+/m1/s1. The number of amides is 1. The van der Waals surface area contributed by atoms with E-state index in [4.69, 9.17) is 0 Å². The van der Waals surface area contributed by atoms with Gasteiger partial charge in [0, 0.05) is 31.1 Å². The summed E-state index contributed by atoms with van der Waals surface area (Å²) in [5, 5.41) is 18.4. The van der Waals surface area contributed by atoms with Crippen molar-refractivity contribution in [2.24, 2.45) is 0 Å². The van der Waals surface area contributed by atoms with Gasteiger partial charge in [0.2, 0.25) is 0 Å². The zero-order chi connectivity index (χ0) is 25.4. The van der Waals surface area contributed by atoms with Crippen LogP contribution in [0.5, 0.6) is 0 Å². The first-order chi connectivity index (χ1) is 17.4. The number of nitrogens with zero attached hydrogens (tertiary/aromatic N) is 4. The van der Waals surface area contributed by atoms with E-state index in [2.05, 4.69) is 29.4 Å². The number of carbonyl (C=O) groups excluding carboxylic acids is 1. The number of aryl methyl sites for hydroxylation is 2. The Bertz CT molecular complexity index is 1440. The van der Waals surface area contributed by atoms with Crippen molar-refractivity contribution in [3.05, 3.63) is 94.0 Å². The number of rotatable bonds is 6. The molecule has 36 heavy (non-hydrogen) atoms. The quantitative estimate of drug-likeness (QED) is 0.412. The van der Waals surface area contributed by atoms with Crippen LogP contribution in [0.2, 0.25) is 0 Å². The minimum Gasteiger partial charge on any atom is -0.481 e. The van der Waals surface area contributed by atoms with E-state index in [9.17, 15) is 14.7 Å². The fourth-order valence-corrected chi connectivity index (χ4v) is 5.45. The van der Waals surface area contributed by atoms with E-state index in [-0.39, 0.29) is 24.2 Å². The topological polar surface area (TPSA) is 88.3 Å². The Hall–Kier alpha value is -4.00. The van der Waals surface area contributed by atoms with Gasteiger partial charge in [-0.15, -0.1) is 5.10 Å². The maximum Gasteiger partial charge on any atom is 0.304 e. The van der Waals surface area contributed by atoms with Crippen molar-refractivity contribution >= 4 is 22.9 Å². The molecule has 0 radical (unpaired) electrons. The Kier molecular flexibility index (Phi) is 6.31. The monoisotopic (exact) mass is 482 g/mol. The number of carbonyl (C=O) groups is 2. The molecular formula is C29H30N4O3. The van der Waals surface area contributed by atoms with Crippen LogP contribution in [0.4, 0.5) is 0 Å². The first-order valence-corrected chi connectivity index (χ1v) is 12.4. The van der Waals surface area contributed by atoms with E-state index in [0.717, 1.165) is 39.8 Å². The summed E-state index contributed by atoms with van der Waals surface area (Å²) in [4.78, 5) is 27.0. The first-order valence-electron chi connectivity index (χ1n) is 12.4. The Morgan fingerprint density at radius 2 is 1.89 bits per heavy atom. The van der Waals surface area contributed by atoms with E-state index in [1.165, 1.54) is 5.56 Å². The fourth-order valence-electron chi connectivity index (χ4n) is 5.45. The molecule has 0 fully saturated rings. The lowest BCUT2D eigenvalue weighted by Gasteiger charge is -2.34. The summed E-state index contributed by atoms with van der Waals surface area (Å²) in [6.07, 6.45) is -0.0325. The lowest BCUT2D eigenvalue weighted by molar-refractivity contribution is -0.137. The summed E-state index contributed by atoms with van der Waals surface area (Å²) in [5.74, 6) is -0.986. The van der Waals surface area contributed by atoms with E-state index in [1.807, 2.05) is 72.0 Å². The molecule has 0 bridgehead atoms. The van der Waals surface area contributed by atoms with E-state index < -0.39 is 5.97 Å². The van der Waals surface area contributed by atoms with Crippen LogP contribution in [-0.2, 0) is 17.9 Å². The summed E-state index contributed by atoms with van der Waals surface area (Å²) in [5.41, 5.74) is 7.53. The largest absolute Gasteiger partial charge is 0.481 e. The third-order valence-electron chi connectivity index (χ3n) is 7.30.